The minimum atomic E-state index is -0.650. The largest absolute Gasteiger partial charge is 0.455 e. The van der Waals surface area contributed by atoms with Crippen LogP contribution in [0.25, 0.3) is 5.69 Å². The Morgan fingerprint density at radius 2 is 1.82 bits per heavy atom. The third-order valence-electron chi connectivity index (χ3n) is 4.88. The summed E-state index contributed by atoms with van der Waals surface area (Å²) in [4.78, 5) is 29.3. The first-order valence-corrected chi connectivity index (χ1v) is 11.5. The molecule has 7 nitrogen and oxygen atoms in total. The van der Waals surface area contributed by atoms with Gasteiger partial charge in [-0.3, -0.25) is 4.79 Å². The molecule has 1 N–H and O–H groups in total. The first-order chi connectivity index (χ1) is 16.3. The van der Waals surface area contributed by atoms with E-state index in [4.69, 9.17) is 16.3 Å². The third-order valence-corrected chi connectivity index (χ3v) is 6.12. The van der Waals surface area contributed by atoms with Crippen molar-refractivity contribution >= 4 is 40.5 Å². The second kappa shape index (κ2) is 10.1. The predicted molar refractivity (Wildman–Crippen MR) is 128 cm³/mol. The maximum Gasteiger partial charge on any atom is 0.343 e. The average Bonchev–Trinajstić information content (AvgIpc) is 3.37. The zero-order valence-electron chi connectivity index (χ0n) is 18.3. The molecular formula is C24H20ClFN4O3S. The smallest absolute Gasteiger partial charge is 0.343 e. The lowest BCUT2D eigenvalue weighted by atomic mass is 10.2. The van der Waals surface area contributed by atoms with Crippen LogP contribution in [0.1, 0.15) is 32.3 Å². The lowest BCUT2D eigenvalue weighted by Crippen LogP contribution is -2.14. The number of hydrogen-bond acceptors (Lipinski definition) is 6. The Labute approximate surface area is 204 Å². The number of ether oxygens (including phenoxy) is 1. The van der Waals surface area contributed by atoms with Crippen LogP contribution in [-0.2, 0) is 22.6 Å². The van der Waals surface area contributed by atoms with Crippen molar-refractivity contribution in [3.8, 4) is 5.69 Å². The quantitative estimate of drug-likeness (QED) is 0.350. The molecule has 0 radical (unpaired) electrons. The molecule has 34 heavy (non-hydrogen) atoms. The van der Waals surface area contributed by atoms with E-state index in [1.54, 1.807) is 12.3 Å². The van der Waals surface area contributed by atoms with Gasteiger partial charge >= 0.3 is 5.97 Å². The molecular weight excluding hydrogens is 479 g/mol. The first-order valence-electron chi connectivity index (χ1n) is 10.3. The number of nitrogens with one attached hydrogen (secondary N) is 1. The van der Waals surface area contributed by atoms with Crippen LogP contribution in [0, 0.1) is 19.7 Å². The van der Waals surface area contributed by atoms with Gasteiger partial charge in [0.15, 0.2) is 0 Å². The topological polar surface area (TPSA) is 86.1 Å². The van der Waals surface area contributed by atoms with Gasteiger partial charge in [0.05, 0.1) is 23.5 Å². The van der Waals surface area contributed by atoms with Crippen molar-refractivity contribution in [2.45, 2.75) is 26.9 Å². The number of amides is 1. The Morgan fingerprint density at radius 3 is 2.53 bits per heavy atom. The molecule has 10 heteroatoms. The minimum absolute atomic E-state index is 0.0702. The Kier molecular flexibility index (Phi) is 7.04. The van der Waals surface area contributed by atoms with Crippen molar-refractivity contribution in [3.05, 3.63) is 92.4 Å². The van der Waals surface area contributed by atoms with Crippen LogP contribution >= 0.6 is 22.9 Å². The van der Waals surface area contributed by atoms with Crippen LogP contribution in [-0.4, -0.2) is 26.6 Å². The van der Waals surface area contributed by atoms with E-state index in [9.17, 15) is 14.0 Å². The molecule has 2 aromatic carbocycles. The standard InChI is InChI=1S/C24H20ClFN4O3S/c1-14-3-7-17(8-4-14)27-20(31)11-21-28-18(13-34-21)12-33-24(32)22-15(2)29-30(23(22)25)19-9-5-16(26)6-10-19/h3-10,13H,11-12H2,1-2H3,(H,27,31). The molecule has 0 atom stereocenters. The number of benzene rings is 2. The van der Waals surface area contributed by atoms with Gasteiger partial charge in [-0.1, -0.05) is 29.3 Å². The molecule has 2 heterocycles. The van der Waals surface area contributed by atoms with E-state index in [-0.39, 0.29) is 29.7 Å². The molecule has 0 bridgehead atoms. The van der Waals surface area contributed by atoms with E-state index in [1.807, 2.05) is 31.2 Å². The highest BCUT2D eigenvalue weighted by molar-refractivity contribution is 7.09. The van der Waals surface area contributed by atoms with Crippen molar-refractivity contribution in [1.29, 1.82) is 0 Å². The van der Waals surface area contributed by atoms with E-state index in [2.05, 4.69) is 15.4 Å². The van der Waals surface area contributed by atoms with Gasteiger partial charge in [-0.15, -0.1) is 11.3 Å². The Morgan fingerprint density at radius 1 is 1.12 bits per heavy atom. The molecule has 0 unspecified atom stereocenters. The number of esters is 1. The Bertz CT molecular complexity index is 1330. The lowest BCUT2D eigenvalue weighted by molar-refractivity contribution is -0.115. The summed E-state index contributed by atoms with van der Waals surface area (Å²) in [5, 5.41) is 9.50. The first kappa shape index (κ1) is 23.6. The van der Waals surface area contributed by atoms with Gasteiger partial charge in [0.25, 0.3) is 0 Å². The summed E-state index contributed by atoms with van der Waals surface area (Å²) >= 11 is 7.68. The maximum absolute atomic E-state index is 13.2. The fraction of sp³-hybridized carbons (Fsp3) is 0.167. The predicted octanol–water partition coefficient (Wildman–Crippen LogP) is 5.28. The van der Waals surface area contributed by atoms with Crippen LogP contribution < -0.4 is 5.32 Å². The normalized spacial score (nSPS) is 10.8. The number of anilines is 1. The Balaban J connectivity index is 1.36. The molecule has 0 saturated carbocycles. The van der Waals surface area contributed by atoms with E-state index in [0.717, 1.165) is 11.3 Å². The molecule has 0 aliphatic heterocycles. The van der Waals surface area contributed by atoms with Gasteiger partial charge in [-0.25, -0.2) is 18.9 Å². The van der Waals surface area contributed by atoms with Crippen LogP contribution in [0.15, 0.2) is 53.9 Å². The number of halogens is 2. The highest BCUT2D eigenvalue weighted by Gasteiger charge is 2.23. The van der Waals surface area contributed by atoms with Gasteiger partial charge in [-0.2, -0.15) is 5.10 Å². The maximum atomic E-state index is 13.2. The molecule has 0 fully saturated rings. The van der Waals surface area contributed by atoms with Crippen molar-refractivity contribution in [1.82, 2.24) is 14.8 Å². The van der Waals surface area contributed by atoms with Gasteiger partial charge in [0.2, 0.25) is 5.91 Å². The summed E-state index contributed by atoms with van der Waals surface area (Å²) < 4.78 is 19.9. The number of hydrogen-bond donors (Lipinski definition) is 1. The van der Waals surface area contributed by atoms with Gasteiger partial charge in [-0.05, 0) is 50.2 Å². The Hall–Kier alpha value is -3.56. The van der Waals surface area contributed by atoms with Crippen LogP contribution in [0.4, 0.5) is 10.1 Å². The average molecular weight is 499 g/mol. The molecule has 4 aromatic rings. The zero-order chi connectivity index (χ0) is 24.2. The monoisotopic (exact) mass is 498 g/mol. The van der Waals surface area contributed by atoms with Crippen molar-refractivity contribution in [2.24, 2.45) is 0 Å². The second-order valence-corrected chi connectivity index (χ2v) is 8.84. The molecule has 0 saturated heterocycles. The van der Waals surface area contributed by atoms with E-state index in [1.165, 1.54) is 40.3 Å². The summed E-state index contributed by atoms with van der Waals surface area (Å²) in [7, 11) is 0. The zero-order valence-corrected chi connectivity index (χ0v) is 19.9. The van der Waals surface area contributed by atoms with Crippen LogP contribution in [0.2, 0.25) is 5.15 Å². The number of aryl methyl sites for hydroxylation is 2. The number of thiazole rings is 1. The molecule has 174 valence electrons. The highest BCUT2D eigenvalue weighted by atomic mass is 35.5. The molecule has 0 aliphatic carbocycles. The van der Waals surface area contributed by atoms with Crippen molar-refractivity contribution < 1.29 is 18.7 Å². The summed E-state index contributed by atoms with van der Waals surface area (Å²) in [5.74, 6) is -1.22. The lowest BCUT2D eigenvalue weighted by Gasteiger charge is -2.05. The number of rotatable bonds is 7. The third kappa shape index (κ3) is 5.49. The fourth-order valence-electron chi connectivity index (χ4n) is 3.17. The number of nitrogens with zero attached hydrogens (tertiary/aromatic N) is 3. The van der Waals surface area contributed by atoms with Gasteiger partial charge in [0.1, 0.15) is 28.1 Å². The van der Waals surface area contributed by atoms with Crippen molar-refractivity contribution in [2.75, 3.05) is 5.32 Å². The summed E-state index contributed by atoms with van der Waals surface area (Å²) in [6.45, 7) is 3.53. The summed E-state index contributed by atoms with van der Waals surface area (Å²) in [6.07, 6.45) is 0.113. The van der Waals surface area contributed by atoms with E-state index >= 15 is 0 Å². The molecule has 1 amide bonds. The highest BCUT2D eigenvalue weighted by Crippen LogP contribution is 2.25. The minimum Gasteiger partial charge on any atom is -0.455 e. The molecule has 2 aromatic heterocycles. The van der Waals surface area contributed by atoms with Crippen LogP contribution in [0.5, 0.6) is 0 Å². The van der Waals surface area contributed by atoms with E-state index in [0.29, 0.717) is 22.1 Å². The molecule has 4 rings (SSSR count). The van der Waals surface area contributed by atoms with Crippen LogP contribution in [0.3, 0.4) is 0 Å². The van der Waals surface area contributed by atoms with E-state index < -0.39 is 11.8 Å². The molecule has 0 aliphatic rings. The molecule has 0 spiro atoms. The number of aromatic nitrogens is 3. The SMILES string of the molecule is Cc1ccc(NC(=O)Cc2nc(COC(=O)c3c(C)nn(-c4ccc(F)cc4)c3Cl)cs2)cc1. The number of carbonyl (C=O) groups excluding carboxylic acids is 2. The summed E-state index contributed by atoms with van der Waals surface area (Å²) in [6, 6.07) is 13.1. The van der Waals surface area contributed by atoms with Gasteiger partial charge in [0, 0.05) is 11.1 Å². The summed E-state index contributed by atoms with van der Waals surface area (Å²) in [5.41, 5.74) is 3.37. The fourth-order valence-corrected chi connectivity index (χ4v) is 4.30. The van der Waals surface area contributed by atoms with Crippen molar-refractivity contribution in [3.63, 3.8) is 0 Å². The second-order valence-electron chi connectivity index (χ2n) is 7.54. The van der Waals surface area contributed by atoms with Gasteiger partial charge < -0.3 is 10.1 Å². The number of carbonyl (C=O) groups is 2.